The van der Waals surface area contributed by atoms with E-state index in [0.717, 1.165) is 0 Å². The van der Waals surface area contributed by atoms with Gasteiger partial charge in [-0.25, -0.2) is 0 Å². The van der Waals surface area contributed by atoms with Gasteiger partial charge in [0.05, 0.1) is 9.90 Å². The van der Waals surface area contributed by atoms with Crippen molar-refractivity contribution < 1.29 is 30.9 Å². The van der Waals surface area contributed by atoms with Gasteiger partial charge in [0.15, 0.2) is 7.14 Å². The molecule has 4 aliphatic rings. The molecule has 1 nitrogen and oxygen atoms in total. The Balaban J connectivity index is 1.80. The maximum Gasteiger partial charge on any atom is 0.380 e. The van der Waals surface area contributed by atoms with Crippen LogP contribution in [0.3, 0.4) is 0 Å². The van der Waals surface area contributed by atoms with Crippen molar-refractivity contribution in [2.45, 2.75) is 65.7 Å². The molecule has 0 spiro atoms. The summed E-state index contributed by atoms with van der Waals surface area (Å²) in [6, 6.07) is 21.3. The lowest BCUT2D eigenvalue weighted by molar-refractivity contribution is -0.257. The smallest absolute Gasteiger partial charge is 0.313 e. The Bertz CT molecular complexity index is 1750. The number of thioether (sulfide) groups is 1. The van der Waals surface area contributed by atoms with Crippen molar-refractivity contribution >= 4 is 40.7 Å². The van der Waals surface area contributed by atoms with Crippen molar-refractivity contribution in [3.8, 4) is 0 Å². The van der Waals surface area contributed by atoms with Gasteiger partial charge in [0.1, 0.15) is 0 Å². The number of allylic oxidation sites excluding steroid dienone is 3. The van der Waals surface area contributed by atoms with Crippen LogP contribution in [0.25, 0.3) is 11.1 Å². The number of hydrogen-bond acceptors (Lipinski definition) is 2. The Morgan fingerprint density at radius 1 is 0.683 bits per heavy atom. The molecular weight excluding hydrogens is 577 g/mol. The summed E-state index contributed by atoms with van der Waals surface area (Å²) in [4.78, 5) is 0.526. The van der Waals surface area contributed by atoms with Crippen molar-refractivity contribution in [2.24, 2.45) is 0 Å². The molecule has 0 aromatic heterocycles. The van der Waals surface area contributed by atoms with Gasteiger partial charge in [-0.2, -0.15) is 26.3 Å². The highest BCUT2D eigenvalue weighted by molar-refractivity contribution is 8.02. The molecule has 212 valence electrons. The lowest BCUT2D eigenvalue weighted by Crippen LogP contribution is -2.54. The van der Waals surface area contributed by atoms with Crippen molar-refractivity contribution in [3.63, 3.8) is 0 Å². The second-order valence-corrected chi connectivity index (χ2v) is 15.4. The fraction of sp³-hybridized carbons (Fsp3) is 0.312. The van der Waals surface area contributed by atoms with E-state index in [-0.39, 0.29) is 40.4 Å². The second kappa shape index (κ2) is 8.23. The number of fused-ring (bicyclic) bond motifs is 8. The molecule has 0 unspecified atom stereocenters. The largest absolute Gasteiger partial charge is 0.380 e. The molecule has 0 amide bonds. The van der Waals surface area contributed by atoms with Crippen LogP contribution < -0.4 is 10.6 Å². The molecule has 3 atom stereocenters. The van der Waals surface area contributed by atoms with Gasteiger partial charge in [-0.15, -0.1) is 11.8 Å². The summed E-state index contributed by atoms with van der Waals surface area (Å²) in [7, 11) is -4.00. The van der Waals surface area contributed by atoms with E-state index < -0.39 is 46.0 Å². The Labute approximate surface area is 238 Å². The van der Waals surface area contributed by atoms with Crippen molar-refractivity contribution in [2.75, 3.05) is 0 Å². The average Bonchev–Trinajstić information content (AvgIpc) is 3.46. The lowest BCUT2D eigenvalue weighted by atomic mass is 9.64. The zero-order valence-corrected chi connectivity index (χ0v) is 23.9. The summed E-state index contributed by atoms with van der Waals surface area (Å²) < 4.78 is 110. The highest BCUT2D eigenvalue weighted by Gasteiger charge is 2.86. The zero-order valence-electron chi connectivity index (χ0n) is 22.2. The maximum absolute atomic E-state index is 16.2. The first-order valence-corrected chi connectivity index (χ1v) is 16.1. The van der Waals surface area contributed by atoms with E-state index in [1.165, 1.54) is 23.9 Å². The molecule has 0 saturated heterocycles. The summed E-state index contributed by atoms with van der Waals surface area (Å²) in [5, 5.41) is -1.04. The Morgan fingerprint density at radius 3 is 1.88 bits per heavy atom. The third kappa shape index (κ3) is 2.70. The minimum atomic E-state index is -5.68. The van der Waals surface area contributed by atoms with Gasteiger partial charge >= 0.3 is 17.8 Å². The zero-order chi connectivity index (χ0) is 29.2. The van der Waals surface area contributed by atoms with Crippen LogP contribution in [-0.4, -0.2) is 27.7 Å². The molecule has 2 heterocycles. The first kappa shape index (κ1) is 27.2. The summed E-state index contributed by atoms with van der Waals surface area (Å²) in [5.41, 5.74) is -2.85. The number of hydrogen-bond donors (Lipinski definition) is 0. The van der Waals surface area contributed by atoms with Crippen LogP contribution in [0.4, 0.5) is 26.3 Å². The van der Waals surface area contributed by atoms with E-state index in [9.17, 15) is 0 Å². The molecule has 41 heavy (non-hydrogen) atoms. The average molecular weight is 603 g/mol. The fourth-order valence-corrected chi connectivity index (χ4v) is 14.5. The van der Waals surface area contributed by atoms with Crippen LogP contribution in [0.2, 0.25) is 0 Å². The minimum Gasteiger partial charge on any atom is -0.313 e. The molecule has 1 fully saturated rings. The van der Waals surface area contributed by atoms with E-state index in [1.54, 1.807) is 73.7 Å². The molecule has 3 aromatic carbocycles. The number of alkyl halides is 6. The van der Waals surface area contributed by atoms with E-state index in [0.29, 0.717) is 16.6 Å². The number of halogens is 6. The molecule has 2 aliphatic heterocycles. The van der Waals surface area contributed by atoms with Gasteiger partial charge in [-0.05, 0) is 41.2 Å². The third-order valence-electron chi connectivity index (χ3n) is 9.37. The van der Waals surface area contributed by atoms with Gasteiger partial charge in [-0.3, -0.25) is 0 Å². The fourth-order valence-electron chi connectivity index (χ4n) is 7.96. The highest BCUT2D eigenvalue weighted by Crippen LogP contribution is 2.84. The topological polar surface area (TPSA) is 17.1 Å². The van der Waals surface area contributed by atoms with Crippen LogP contribution in [-0.2, 0) is 4.57 Å². The van der Waals surface area contributed by atoms with Gasteiger partial charge in [0.2, 0.25) is 0 Å². The molecule has 3 aromatic rings. The van der Waals surface area contributed by atoms with Gasteiger partial charge in [-0.1, -0.05) is 93.1 Å². The first-order valence-electron chi connectivity index (χ1n) is 13.6. The number of rotatable bonds is 4. The summed E-state index contributed by atoms with van der Waals surface area (Å²) in [6.45, 7) is 3.57. The predicted molar refractivity (Wildman–Crippen MR) is 151 cm³/mol. The minimum absolute atomic E-state index is 0.0749. The van der Waals surface area contributed by atoms with Crippen molar-refractivity contribution in [1.29, 1.82) is 0 Å². The van der Waals surface area contributed by atoms with E-state index in [4.69, 9.17) is 0 Å². The monoisotopic (exact) mass is 602 g/mol. The van der Waals surface area contributed by atoms with Crippen LogP contribution in [0.5, 0.6) is 0 Å². The molecule has 9 heteroatoms. The van der Waals surface area contributed by atoms with Crippen LogP contribution in [0.15, 0.2) is 94.9 Å². The Kier molecular flexibility index (Phi) is 5.45. The Hall–Kier alpha value is -2.70. The molecule has 2 aliphatic carbocycles. The predicted octanol–water partition coefficient (Wildman–Crippen LogP) is 8.95. The maximum atomic E-state index is 16.2. The summed E-state index contributed by atoms with van der Waals surface area (Å²) >= 11 is 1.21. The molecule has 7 rings (SSSR count). The quantitative estimate of drug-likeness (QED) is 0.219. The van der Waals surface area contributed by atoms with E-state index in [2.05, 4.69) is 0 Å². The van der Waals surface area contributed by atoms with E-state index >= 15 is 30.9 Å². The molecule has 0 bridgehead atoms. The van der Waals surface area contributed by atoms with E-state index in [1.807, 2.05) is 6.92 Å². The summed E-state index contributed by atoms with van der Waals surface area (Å²) in [6.07, 6.45) is 0.548. The third-order valence-corrected chi connectivity index (χ3v) is 15.3. The van der Waals surface area contributed by atoms with Gasteiger partial charge < -0.3 is 4.57 Å². The Morgan fingerprint density at radius 2 is 1.24 bits per heavy atom. The molecular formula is C32H25F6OPS. The SMILES string of the molecule is CCC[C@@]12C(=C3C(=C4c5ccccc5S[C@]41CC)C(F)(F)C(F)(F)C3(F)F)c1ccccc1[P@@]2(=O)c1ccccc1. The van der Waals surface area contributed by atoms with Gasteiger partial charge in [0.25, 0.3) is 0 Å². The van der Waals surface area contributed by atoms with Crippen LogP contribution >= 0.6 is 18.9 Å². The van der Waals surface area contributed by atoms with Crippen molar-refractivity contribution in [1.82, 2.24) is 0 Å². The normalized spacial score (nSPS) is 31.4. The van der Waals surface area contributed by atoms with Gasteiger partial charge in [0, 0.05) is 26.7 Å². The standard InChI is InChI=1S/C32H25F6OPS/c1-3-18-28-24(20-14-8-10-16-22(20)40(28,39)19-12-6-5-7-13-19)26-27(31(35,36)32(37,38)30(26,33)34)25-21-15-9-11-17-23(21)41-29(25,28)4-2/h5-17H,3-4,18H2,1-2H3/t28-,29-,40+/m1/s1. The van der Waals surface area contributed by atoms with Crippen LogP contribution in [0.1, 0.15) is 44.2 Å². The van der Waals surface area contributed by atoms with Crippen molar-refractivity contribution in [3.05, 3.63) is 101 Å². The molecule has 0 N–H and O–H groups in total. The highest BCUT2D eigenvalue weighted by atomic mass is 32.2. The number of benzene rings is 3. The first-order chi connectivity index (χ1) is 19.4. The second-order valence-electron chi connectivity index (χ2n) is 11.1. The summed E-state index contributed by atoms with van der Waals surface area (Å²) in [5.74, 6) is -16.0. The molecule has 0 radical (unpaired) electrons. The lowest BCUT2D eigenvalue weighted by Gasteiger charge is -2.54. The molecule has 1 saturated carbocycles. The van der Waals surface area contributed by atoms with Crippen LogP contribution in [0, 0.1) is 0 Å².